The van der Waals surface area contributed by atoms with Gasteiger partial charge in [-0.1, -0.05) is 29.9 Å². The number of carbonyl (C=O) groups excluding carboxylic acids is 1. The van der Waals surface area contributed by atoms with Crippen LogP contribution >= 0.6 is 22.9 Å². The standard InChI is InChI=1S/C17H19ClF3N5O4S/c1-3-7-12(18)25-13(22-7)14(27)23-8-4-5-26(6-9(8)30-2)16-24-11(17(19,20)21)10(31-16)15(28)29/h8-9H,3-6H2,1-2H3,(H,22,25)(H,23,27)(H,28,29). The molecule has 1 amide bonds. The normalized spacial score (nSPS) is 19.5. The third-order valence-electron chi connectivity index (χ3n) is 4.82. The minimum Gasteiger partial charge on any atom is -0.477 e. The van der Waals surface area contributed by atoms with E-state index in [-0.39, 0.29) is 29.2 Å². The Morgan fingerprint density at radius 1 is 1.42 bits per heavy atom. The topological polar surface area (TPSA) is 120 Å². The molecule has 0 bridgehead atoms. The highest BCUT2D eigenvalue weighted by atomic mass is 35.5. The van der Waals surface area contributed by atoms with Gasteiger partial charge in [0, 0.05) is 20.2 Å². The molecular formula is C17H19ClF3N5O4S. The molecule has 170 valence electrons. The van der Waals surface area contributed by atoms with Crippen LogP contribution in [0, 0.1) is 0 Å². The molecule has 1 fully saturated rings. The van der Waals surface area contributed by atoms with Crippen molar-refractivity contribution in [3.8, 4) is 0 Å². The molecule has 0 saturated carbocycles. The van der Waals surface area contributed by atoms with E-state index in [1.165, 1.54) is 12.0 Å². The number of nitrogens with one attached hydrogen (secondary N) is 2. The summed E-state index contributed by atoms with van der Waals surface area (Å²) >= 11 is 6.42. The molecule has 1 saturated heterocycles. The van der Waals surface area contributed by atoms with Crippen LogP contribution in [0.4, 0.5) is 18.3 Å². The van der Waals surface area contributed by atoms with E-state index in [2.05, 4.69) is 20.3 Å². The zero-order valence-corrected chi connectivity index (χ0v) is 18.0. The van der Waals surface area contributed by atoms with Gasteiger partial charge in [0.1, 0.15) is 4.88 Å². The fraction of sp³-hybridized carbons (Fsp3) is 0.529. The summed E-state index contributed by atoms with van der Waals surface area (Å²) in [5, 5.41) is 12.0. The van der Waals surface area contributed by atoms with E-state index in [1.54, 1.807) is 0 Å². The van der Waals surface area contributed by atoms with Crippen LogP contribution in [0.1, 0.15) is 45.0 Å². The number of amides is 1. The second kappa shape index (κ2) is 9.01. The Morgan fingerprint density at radius 3 is 2.65 bits per heavy atom. The van der Waals surface area contributed by atoms with Gasteiger partial charge in [-0.25, -0.2) is 14.8 Å². The molecule has 0 radical (unpaired) electrons. The highest BCUT2D eigenvalue weighted by molar-refractivity contribution is 7.17. The number of aromatic carboxylic acids is 1. The Kier molecular flexibility index (Phi) is 6.76. The molecule has 2 aromatic rings. The molecule has 3 heterocycles. The number of carboxylic acid groups (broad SMARTS) is 1. The lowest BCUT2D eigenvalue weighted by molar-refractivity contribution is -0.141. The summed E-state index contributed by atoms with van der Waals surface area (Å²) in [6.07, 6.45) is -4.54. The van der Waals surface area contributed by atoms with E-state index in [1.807, 2.05) is 6.92 Å². The second-order valence-corrected chi connectivity index (χ2v) is 8.11. The van der Waals surface area contributed by atoms with E-state index in [0.29, 0.717) is 29.9 Å². The molecule has 2 aromatic heterocycles. The number of nitrogens with zero attached hydrogens (tertiary/aromatic N) is 3. The van der Waals surface area contributed by atoms with Crippen LogP contribution in [-0.4, -0.2) is 64.3 Å². The first kappa shape index (κ1) is 23.3. The Morgan fingerprint density at radius 2 is 2.13 bits per heavy atom. The van der Waals surface area contributed by atoms with Crippen molar-refractivity contribution in [1.82, 2.24) is 20.3 Å². The fourth-order valence-electron chi connectivity index (χ4n) is 3.24. The Balaban J connectivity index is 1.73. The number of aromatic nitrogens is 3. The number of alkyl halides is 3. The van der Waals surface area contributed by atoms with Crippen molar-refractivity contribution in [2.45, 2.75) is 38.1 Å². The summed E-state index contributed by atoms with van der Waals surface area (Å²) in [6.45, 7) is 2.22. The molecule has 0 spiro atoms. The van der Waals surface area contributed by atoms with E-state index in [0.717, 1.165) is 0 Å². The van der Waals surface area contributed by atoms with Gasteiger partial charge in [0.05, 0.1) is 17.8 Å². The van der Waals surface area contributed by atoms with Gasteiger partial charge >= 0.3 is 12.1 Å². The molecular weight excluding hydrogens is 463 g/mol. The number of hydrogen-bond acceptors (Lipinski definition) is 7. The number of rotatable bonds is 6. The van der Waals surface area contributed by atoms with Crippen LogP contribution in [0.3, 0.4) is 0 Å². The van der Waals surface area contributed by atoms with Crippen molar-refractivity contribution in [2.75, 3.05) is 25.1 Å². The number of H-pyrrole nitrogens is 1. The van der Waals surface area contributed by atoms with Crippen molar-refractivity contribution in [1.29, 1.82) is 0 Å². The smallest absolute Gasteiger partial charge is 0.435 e. The largest absolute Gasteiger partial charge is 0.477 e. The minimum atomic E-state index is -4.88. The van der Waals surface area contributed by atoms with Gasteiger partial charge in [0.15, 0.2) is 21.8 Å². The number of halogens is 4. The van der Waals surface area contributed by atoms with Crippen molar-refractivity contribution >= 4 is 39.9 Å². The molecule has 0 aromatic carbocycles. The van der Waals surface area contributed by atoms with Crippen molar-refractivity contribution in [2.24, 2.45) is 0 Å². The van der Waals surface area contributed by atoms with Crippen LogP contribution < -0.4 is 10.2 Å². The minimum absolute atomic E-state index is 0.0555. The molecule has 0 aliphatic carbocycles. The van der Waals surface area contributed by atoms with Gasteiger partial charge in [-0.15, -0.1) is 0 Å². The third-order valence-corrected chi connectivity index (χ3v) is 6.24. The number of aromatic amines is 1. The second-order valence-electron chi connectivity index (χ2n) is 6.77. The number of ether oxygens (including phenoxy) is 1. The van der Waals surface area contributed by atoms with E-state index >= 15 is 0 Å². The van der Waals surface area contributed by atoms with E-state index < -0.39 is 40.8 Å². The van der Waals surface area contributed by atoms with Gasteiger partial charge in [0.25, 0.3) is 5.91 Å². The van der Waals surface area contributed by atoms with E-state index in [4.69, 9.17) is 21.4 Å². The number of hydrogen-bond donors (Lipinski definition) is 3. The van der Waals surface area contributed by atoms with Gasteiger partial charge in [-0.2, -0.15) is 13.2 Å². The number of imidazole rings is 1. The van der Waals surface area contributed by atoms with Crippen LogP contribution in [0.5, 0.6) is 0 Å². The maximum Gasteiger partial charge on any atom is 0.435 e. The lowest BCUT2D eigenvalue weighted by Gasteiger charge is -2.37. The SMILES string of the molecule is CCc1[nH]c(C(=O)NC2CCN(c3nc(C(F)(F)F)c(C(=O)O)s3)CC2OC)nc1Cl. The maximum atomic E-state index is 13.1. The summed E-state index contributed by atoms with van der Waals surface area (Å²) < 4.78 is 44.8. The van der Waals surface area contributed by atoms with Gasteiger partial charge < -0.3 is 25.0 Å². The van der Waals surface area contributed by atoms with Crippen LogP contribution in [0.15, 0.2) is 0 Å². The van der Waals surface area contributed by atoms with Crippen LogP contribution in [-0.2, 0) is 17.3 Å². The van der Waals surface area contributed by atoms with Crippen molar-refractivity contribution in [3.05, 3.63) is 27.2 Å². The molecule has 3 rings (SSSR count). The molecule has 1 aliphatic heterocycles. The first-order chi connectivity index (χ1) is 14.5. The summed E-state index contributed by atoms with van der Waals surface area (Å²) in [6, 6.07) is -0.441. The average Bonchev–Trinajstić information content (AvgIpc) is 3.32. The van der Waals surface area contributed by atoms with Crippen molar-refractivity contribution in [3.63, 3.8) is 0 Å². The molecule has 9 nitrogen and oxygen atoms in total. The molecule has 1 aliphatic rings. The average molecular weight is 482 g/mol. The zero-order valence-electron chi connectivity index (χ0n) is 16.4. The summed E-state index contributed by atoms with van der Waals surface area (Å²) in [4.78, 5) is 34.7. The Bertz CT molecular complexity index is 980. The van der Waals surface area contributed by atoms with Gasteiger partial charge in [-0.3, -0.25) is 4.79 Å². The Labute approximate surface area is 183 Å². The van der Waals surface area contributed by atoms with Gasteiger partial charge in [0.2, 0.25) is 0 Å². The molecule has 2 unspecified atom stereocenters. The predicted molar refractivity (Wildman–Crippen MR) is 106 cm³/mol. The highest BCUT2D eigenvalue weighted by Crippen LogP contribution is 2.38. The molecule has 14 heteroatoms. The first-order valence-electron chi connectivity index (χ1n) is 9.19. The lowest BCUT2D eigenvalue weighted by Crippen LogP contribution is -2.55. The quantitative estimate of drug-likeness (QED) is 0.580. The monoisotopic (exact) mass is 481 g/mol. The highest BCUT2D eigenvalue weighted by Gasteiger charge is 2.41. The number of methoxy groups -OCH3 is 1. The summed E-state index contributed by atoms with van der Waals surface area (Å²) in [7, 11) is 1.41. The van der Waals surface area contributed by atoms with E-state index in [9.17, 15) is 22.8 Å². The number of carbonyl (C=O) groups is 2. The first-order valence-corrected chi connectivity index (χ1v) is 10.4. The third kappa shape index (κ3) is 4.93. The summed E-state index contributed by atoms with van der Waals surface area (Å²) in [5.74, 6) is -2.12. The van der Waals surface area contributed by atoms with Crippen molar-refractivity contribution < 1.29 is 32.6 Å². The molecule has 3 N–H and O–H groups in total. The number of piperidine rings is 1. The van der Waals surface area contributed by atoms with Crippen LogP contribution in [0.25, 0.3) is 0 Å². The zero-order chi connectivity index (χ0) is 22.9. The van der Waals surface area contributed by atoms with Gasteiger partial charge in [-0.05, 0) is 12.8 Å². The maximum absolute atomic E-state index is 13.1. The number of thiazole rings is 1. The van der Waals surface area contributed by atoms with Crippen LogP contribution in [0.2, 0.25) is 5.15 Å². The molecule has 2 atom stereocenters. The number of anilines is 1. The Hall–Kier alpha value is -2.38. The lowest BCUT2D eigenvalue weighted by atomic mass is 10.0. The number of carboxylic acids is 1. The number of aryl methyl sites for hydroxylation is 1. The summed E-state index contributed by atoms with van der Waals surface area (Å²) in [5.41, 5.74) is -0.797. The predicted octanol–water partition coefficient (Wildman–Crippen LogP) is 2.82. The molecule has 31 heavy (non-hydrogen) atoms. The fourth-order valence-corrected chi connectivity index (χ4v) is 4.47.